The van der Waals surface area contributed by atoms with Crippen molar-refractivity contribution < 1.29 is 4.79 Å². The molecule has 20 heavy (non-hydrogen) atoms. The van der Waals surface area contributed by atoms with Crippen LogP contribution in [0.1, 0.15) is 44.1 Å². The number of benzene rings is 1. The Morgan fingerprint density at radius 2 is 1.65 bits per heavy atom. The summed E-state index contributed by atoms with van der Waals surface area (Å²) in [6.07, 6.45) is 6.52. The zero-order valence-corrected chi connectivity index (χ0v) is 12.2. The minimum atomic E-state index is -0.221. The molecule has 3 rings (SSSR count). The van der Waals surface area contributed by atoms with Gasteiger partial charge in [-0.05, 0) is 51.1 Å². The summed E-state index contributed by atoms with van der Waals surface area (Å²) in [5.74, 6) is 0.247. The van der Waals surface area contributed by atoms with E-state index in [0.29, 0.717) is 12.1 Å². The molecule has 0 heterocycles. The molecule has 2 aliphatic rings. The molecule has 1 amide bonds. The predicted molar refractivity (Wildman–Crippen MR) is 80.6 cm³/mol. The highest BCUT2D eigenvalue weighted by Crippen LogP contribution is 2.48. The maximum Gasteiger partial charge on any atom is 0.230 e. The first kappa shape index (κ1) is 13.6. The molecule has 1 aromatic carbocycles. The lowest BCUT2D eigenvalue weighted by Crippen LogP contribution is -2.45. The maximum absolute atomic E-state index is 12.6. The Labute approximate surface area is 121 Å². The van der Waals surface area contributed by atoms with Crippen molar-refractivity contribution in [2.45, 2.75) is 56.0 Å². The fraction of sp³-hybridized carbons (Fsp3) is 0.588. The smallest absolute Gasteiger partial charge is 0.230 e. The molecule has 0 atom stereocenters. The number of hydrogen-bond donors (Lipinski definition) is 2. The third-order valence-corrected chi connectivity index (χ3v) is 4.98. The van der Waals surface area contributed by atoms with Crippen molar-refractivity contribution in [3.05, 3.63) is 35.9 Å². The van der Waals surface area contributed by atoms with Crippen LogP contribution in [0.5, 0.6) is 0 Å². The summed E-state index contributed by atoms with van der Waals surface area (Å²) >= 11 is 0. The van der Waals surface area contributed by atoms with E-state index in [1.807, 2.05) is 25.2 Å². The molecular weight excluding hydrogens is 248 g/mol. The summed E-state index contributed by atoms with van der Waals surface area (Å²) in [5.41, 5.74) is 0.961. The van der Waals surface area contributed by atoms with E-state index < -0.39 is 0 Å². The van der Waals surface area contributed by atoms with Gasteiger partial charge < -0.3 is 10.6 Å². The van der Waals surface area contributed by atoms with Gasteiger partial charge in [-0.3, -0.25) is 4.79 Å². The highest BCUT2D eigenvalue weighted by molar-refractivity contribution is 5.91. The Kier molecular flexibility index (Phi) is 3.79. The van der Waals surface area contributed by atoms with Gasteiger partial charge in [0.2, 0.25) is 5.91 Å². The molecular formula is C17H24N2O. The quantitative estimate of drug-likeness (QED) is 0.883. The van der Waals surface area contributed by atoms with Crippen LogP contribution in [0.2, 0.25) is 0 Å². The molecule has 0 bridgehead atoms. The van der Waals surface area contributed by atoms with E-state index in [1.165, 1.54) is 18.4 Å². The zero-order chi connectivity index (χ0) is 14.0. The Hall–Kier alpha value is -1.35. The highest BCUT2D eigenvalue weighted by atomic mass is 16.2. The SMILES string of the molecule is CNC1CCC(NC(=O)C2(c3ccccc3)CC2)CC1. The molecule has 0 unspecified atom stereocenters. The number of carbonyl (C=O) groups excluding carboxylic acids is 1. The molecule has 3 heteroatoms. The molecule has 3 nitrogen and oxygen atoms in total. The predicted octanol–water partition coefficient (Wildman–Crippen LogP) is 2.37. The fourth-order valence-corrected chi connectivity index (χ4v) is 3.38. The average Bonchev–Trinajstić information content (AvgIpc) is 3.31. The summed E-state index contributed by atoms with van der Waals surface area (Å²) in [6.45, 7) is 0. The minimum absolute atomic E-state index is 0.221. The third-order valence-electron chi connectivity index (χ3n) is 4.98. The van der Waals surface area contributed by atoms with Gasteiger partial charge in [-0.25, -0.2) is 0 Å². The van der Waals surface area contributed by atoms with Crippen molar-refractivity contribution in [3.8, 4) is 0 Å². The van der Waals surface area contributed by atoms with Crippen molar-refractivity contribution in [1.82, 2.24) is 10.6 Å². The van der Waals surface area contributed by atoms with E-state index in [2.05, 4.69) is 22.8 Å². The molecule has 0 radical (unpaired) electrons. The molecule has 0 spiro atoms. The van der Waals surface area contributed by atoms with Crippen molar-refractivity contribution in [1.29, 1.82) is 0 Å². The van der Waals surface area contributed by atoms with E-state index >= 15 is 0 Å². The van der Waals surface area contributed by atoms with E-state index in [0.717, 1.165) is 25.7 Å². The van der Waals surface area contributed by atoms with Crippen LogP contribution >= 0.6 is 0 Å². The van der Waals surface area contributed by atoms with Gasteiger partial charge >= 0.3 is 0 Å². The van der Waals surface area contributed by atoms with Crippen LogP contribution < -0.4 is 10.6 Å². The van der Waals surface area contributed by atoms with Gasteiger partial charge in [-0.1, -0.05) is 30.3 Å². The lowest BCUT2D eigenvalue weighted by molar-refractivity contribution is -0.124. The largest absolute Gasteiger partial charge is 0.353 e. The minimum Gasteiger partial charge on any atom is -0.353 e. The van der Waals surface area contributed by atoms with Gasteiger partial charge in [0.25, 0.3) is 0 Å². The van der Waals surface area contributed by atoms with Crippen molar-refractivity contribution in [2.24, 2.45) is 0 Å². The summed E-state index contributed by atoms with van der Waals surface area (Å²) in [5, 5.41) is 6.63. The van der Waals surface area contributed by atoms with Crippen LogP contribution in [0, 0.1) is 0 Å². The molecule has 2 fully saturated rings. The summed E-state index contributed by atoms with van der Waals surface area (Å²) in [6, 6.07) is 11.2. The fourth-order valence-electron chi connectivity index (χ4n) is 3.38. The van der Waals surface area contributed by atoms with Crippen LogP contribution in [0.25, 0.3) is 0 Å². The molecule has 108 valence electrons. The van der Waals surface area contributed by atoms with Crippen LogP contribution in [0.15, 0.2) is 30.3 Å². The Bertz CT molecular complexity index is 459. The van der Waals surface area contributed by atoms with Crippen LogP contribution in [0.3, 0.4) is 0 Å². The average molecular weight is 272 g/mol. The molecule has 0 aromatic heterocycles. The van der Waals surface area contributed by atoms with Gasteiger partial charge in [0.05, 0.1) is 5.41 Å². The summed E-state index contributed by atoms with van der Waals surface area (Å²) < 4.78 is 0. The highest BCUT2D eigenvalue weighted by Gasteiger charge is 2.51. The van der Waals surface area contributed by atoms with Gasteiger partial charge in [-0.15, -0.1) is 0 Å². The van der Waals surface area contributed by atoms with Crippen LogP contribution in [-0.2, 0) is 10.2 Å². The number of amides is 1. The first-order chi connectivity index (χ1) is 9.74. The second-order valence-electron chi connectivity index (χ2n) is 6.26. The Balaban J connectivity index is 1.60. The van der Waals surface area contributed by atoms with Gasteiger partial charge in [0.1, 0.15) is 0 Å². The monoisotopic (exact) mass is 272 g/mol. The summed E-state index contributed by atoms with van der Waals surface area (Å²) in [7, 11) is 2.03. The van der Waals surface area contributed by atoms with E-state index in [1.54, 1.807) is 0 Å². The lowest BCUT2D eigenvalue weighted by atomic mass is 9.89. The number of carbonyl (C=O) groups is 1. The molecule has 0 saturated heterocycles. The maximum atomic E-state index is 12.6. The van der Waals surface area contributed by atoms with Gasteiger partial charge in [0, 0.05) is 12.1 Å². The first-order valence-electron chi connectivity index (χ1n) is 7.78. The van der Waals surface area contributed by atoms with Crippen molar-refractivity contribution in [2.75, 3.05) is 7.05 Å². The molecule has 2 saturated carbocycles. The number of nitrogens with one attached hydrogen (secondary N) is 2. The molecule has 1 aromatic rings. The Morgan fingerprint density at radius 1 is 1.05 bits per heavy atom. The Morgan fingerprint density at radius 3 is 2.20 bits per heavy atom. The van der Waals surface area contributed by atoms with Gasteiger partial charge in [0.15, 0.2) is 0 Å². The van der Waals surface area contributed by atoms with E-state index in [9.17, 15) is 4.79 Å². The lowest BCUT2D eigenvalue weighted by Gasteiger charge is -2.30. The standard InChI is InChI=1S/C17H24N2O/c1-18-14-7-9-15(10-8-14)19-16(20)17(11-12-17)13-5-3-2-4-6-13/h2-6,14-15,18H,7-12H2,1H3,(H,19,20). The topological polar surface area (TPSA) is 41.1 Å². The normalized spacial score (nSPS) is 27.9. The van der Waals surface area contributed by atoms with Crippen molar-refractivity contribution >= 4 is 5.91 Å². The first-order valence-corrected chi connectivity index (χ1v) is 7.78. The molecule has 2 aliphatic carbocycles. The molecule has 2 N–H and O–H groups in total. The number of rotatable bonds is 4. The van der Waals surface area contributed by atoms with Crippen LogP contribution in [-0.4, -0.2) is 25.0 Å². The van der Waals surface area contributed by atoms with E-state index in [4.69, 9.17) is 0 Å². The molecule has 0 aliphatic heterocycles. The van der Waals surface area contributed by atoms with Crippen LogP contribution in [0.4, 0.5) is 0 Å². The second kappa shape index (κ2) is 5.57. The third kappa shape index (κ3) is 2.59. The second-order valence-corrected chi connectivity index (χ2v) is 6.26. The zero-order valence-electron chi connectivity index (χ0n) is 12.2. The van der Waals surface area contributed by atoms with Gasteiger partial charge in [-0.2, -0.15) is 0 Å². The van der Waals surface area contributed by atoms with Crippen molar-refractivity contribution in [3.63, 3.8) is 0 Å². The number of hydrogen-bond acceptors (Lipinski definition) is 2. The summed E-state index contributed by atoms with van der Waals surface area (Å²) in [4.78, 5) is 12.6. The van der Waals surface area contributed by atoms with E-state index in [-0.39, 0.29) is 11.3 Å².